The number of aromatic nitrogens is 4. The van der Waals surface area contributed by atoms with Crippen LogP contribution in [0.5, 0.6) is 0 Å². The van der Waals surface area contributed by atoms with Crippen molar-refractivity contribution in [3.8, 4) is 0 Å². The molecule has 0 aliphatic rings. The first-order chi connectivity index (χ1) is 18.3. The predicted octanol–water partition coefficient (Wildman–Crippen LogP) is 8.08. The van der Waals surface area contributed by atoms with Gasteiger partial charge in [-0.2, -0.15) is 0 Å². The summed E-state index contributed by atoms with van der Waals surface area (Å²) in [5.74, 6) is -0.680. The molecule has 220 valence electrons. The third kappa shape index (κ3) is 22.5. The largest absolute Gasteiger partial charge is 0.481 e. The third-order valence-electron chi connectivity index (χ3n) is 6.47. The van der Waals surface area contributed by atoms with Gasteiger partial charge in [0.2, 0.25) is 0 Å². The van der Waals surface area contributed by atoms with Crippen LogP contribution in [-0.4, -0.2) is 41.7 Å². The highest BCUT2D eigenvalue weighted by Crippen LogP contribution is 2.15. The van der Waals surface area contributed by atoms with Crippen molar-refractivity contribution < 1.29 is 19.8 Å². The summed E-state index contributed by atoms with van der Waals surface area (Å²) in [6.07, 6.45) is 23.6. The van der Waals surface area contributed by atoms with Crippen molar-refractivity contribution in [3.63, 3.8) is 0 Å². The Bertz CT molecular complexity index is 692. The van der Waals surface area contributed by atoms with Gasteiger partial charge in [0.15, 0.2) is 0 Å². The predicted molar refractivity (Wildman–Crippen MR) is 156 cm³/mol. The third-order valence-corrected chi connectivity index (χ3v) is 6.47. The smallest absolute Gasteiger partial charge is 0.306 e. The van der Waals surface area contributed by atoms with Crippen LogP contribution in [0.25, 0.3) is 0 Å². The molecule has 2 heterocycles. The van der Waals surface area contributed by atoms with Gasteiger partial charge in [0.25, 0.3) is 0 Å². The van der Waals surface area contributed by atoms with Crippen LogP contribution < -0.4 is 0 Å². The summed E-state index contributed by atoms with van der Waals surface area (Å²) in [7, 11) is 0. The molecule has 0 bridgehead atoms. The zero-order valence-corrected chi connectivity index (χ0v) is 24.9. The highest BCUT2D eigenvalue weighted by Gasteiger charge is 2.13. The molecule has 0 radical (unpaired) electrons. The van der Waals surface area contributed by atoms with E-state index in [2.05, 4.69) is 53.4 Å². The number of imidazole rings is 2. The fourth-order valence-electron chi connectivity index (χ4n) is 3.73. The Morgan fingerprint density at radius 2 is 1.29 bits per heavy atom. The van der Waals surface area contributed by atoms with Crippen molar-refractivity contribution in [1.82, 2.24) is 19.5 Å². The van der Waals surface area contributed by atoms with E-state index in [0.717, 1.165) is 63.8 Å². The van der Waals surface area contributed by atoms with Gasteiger partial charge in [0, 0.05) is 31.3 Å². The Kier molecular flexibility index (Phi) is 27.0. The van der Waals surface area contributed by atoms with Gasteiger partial charge >= 0.3 is 11.9 Å². The van der Waals surface area contributed by atoms with Crippen LogP contribution in [0.1, 0.15) is 119 Å². The van der Waals surface area contributed by atoms with Crippen LogP contribution in [-0.2, 0) is 16.1 Å². The molecule has 0 saturated heterocycles. The van der Waals surface area contributed by atoms with Crippen LogP contribution >= 0.6 is 0 Å². The lowest BCUT2D eigenvalue weighted by Gasteiger charge is -2.14. The van der Waals surface area contributed by atoms with Gasteiger partial charge in [-0.3, -0.25) is 9.59 Å². The molecule has 3 atom stereocenters. The van der Waals surface area contributed by atoms with Crippen LogP contribution in [0.15, 0.2) is 37.4 Å². The molecule has 3 unspecified atom stereocenters. The Balaban J connectivity index is 0. The molecule has 3 N–H and O–H groups in total. The first kappa shape index (κ1) is 37.5. The molecule has 0 spiro atoms. The maximum atomic E-state index is 10.4. The van der Waals surface area contributed by atoms with Crippen LogP contribution in [0.2, 0.25) is 0 Å². The maximum absolute atomic E-state index is 10.4. The highest BCUT2D eigenvalue weighted by molar-refractivity contribution is 5.70. The van der Waals surface area contributed by atoms with E-state index in [4.69, 9.17) is 10.2 Å². The maximum Gasteiger partial charge on any atom is 0.306 e. The fourth-order valence-corrected chi connectivity index (χ4v) is 3.73. The van der Waals surface area contributed by atoms with Crippen molar-refractivity contribution in [2.24, 2.45) is 17.8 Å². The summed E-state index contributed by atoms with van der Waals surface area (Å²) in [6, 6.07) is 0. The molecule has 2 aromatic heterocycles. The number of unbranched alkanes of at least 4 members (excludes halogenated alkanes) is 3. The van der Waals surface area contributed by atoms with Crippen molar-refractivity contribution in [3.05, 3.63) is 37.4 Å². The molecule has 8 nitrogen and oxygen atoms in total. The lowest BCUT2D eigenvalue weighted by Crippen LogP contribution is -2.11. The number of hydrogen-bond acceptors (Lipinski definition) is 4. The van der Waals surface area contributed by atoms with Crippen molar-refractivity contribution in [1.29, 1.82) is 0 Å². The molecule has 38 heavy (non-hydrogen) atoms. The number of aromatic amines is 1. The molecule has 0 amide bonds. The minimum absolute atomic E-state index is 0.111. The van der Waals surface area contributed by atoms with E-state index < -0.39 is 11.9 Å². The van der Waals surface area contributed by atoms with Gasteiger partial charge in [-0.1, -0.05) is 86.5 Å². The van der Waals surface area contributed by atoms with Gasteiger partial charge in [-0.05, 0) is 38.0 Å². The molecule has 2 aromatic rings. The number of carboxylic acids is 2. The molecule has 0 saturated carbocycles. The van der Waals surface area contributed by atoms with E-state index >= 15 is 0 Å². The van der Waals surface area contributed by atoms with Gasteiger partial charge in [-0.15, -0.1) is 0 Å². The van der Waals surface area contributed by atoms with Crippen molar-refractivity contribution >= 4 is 11.9 Å². The van der Waals surface area contributed by atoms with Gasteiger partial charge in [0.1, 0.15) is 0 Å². The average Bonchev–Trinajstić information content (AvgIpc) is 3.65. The molecule has 0 aliphatic carbocycles. The first-order valence-corrected chi connectivity index (χ1v) is 14.6. The Hall–Kier alpha value is -2.64. The normalized spacial score (nSPS) is 12.4. The van der Waals surface area contributed by atoms with E-state index in [1.165, 1.54) is 25.7 Å². The summed E-state index contributed by atoms with van der Waals surface area (Å²) in [4.78, 5) is 31.3. The molecular formula is C30H56N4O4. The van der Waals surface area contributed by atoms with Gasteiger partial charge < -0.3 is 19.8 Å². The lowest BCUT2D eigenvalue weighted by molar-refractivity contribution is -0.143. The number of nitrogens with zero attached hydrogens (tertiary/aromatic N) is 3. The second-order valence-corrected chi connectivity index (χ2v) is 9.61. The standard InChI is InChI=1S/C11H20N2.2C8H16O2.C3H4N2/c1-3-5-6-11(4-2)9-13-8-7-12-10-13;2*1-3-5-6-7(4-2)8(9)10;1-2-5-3-4-1/h7-8,10-11H,3-6,9H2,1-2H3;2*7H,3-6H2,1-2H3,(H,9,10);1-3H,(H,4,5). The molecule has 8 heteroatoms. The Morgan fingerprint density at radius 1 is 0.763 bits per heavy atom. The van der Waals surface area contributed by atoms with Crippen LogP contribution in [0.3, 0.4) is 0 Å². The molecule has 0 fully saturated rings. The summed E-state index contributed by atoms with van der Waals surface area (Å²) >= 11 is 0. The summed E-state index contributed by atoms with van der Waals surface area (Å²) < 4.78 is 2.18. The van der Waals surface area contributed by atoms with Crippen molar-refractivity contribution in [2.75, 3.05) is 0 Å². The van der Waals surface area contributed by atoms with Gasteiger partial charge in [-0.25, -0.2) is 9.97 Å². The van der Waals surface area contributed by atoms with Gasteiger partial charge in [0.05, 0.1) is 24.5 Å². The number of aliphatic carboxylic acids is 2. The SMILES string of the molecule is CCCCC(CC)C(=O)O.CCCCC(CC)C(=O)O.CCCCC(CC)Cn1ccnc1.c1c[nH]cn1. The Labute approximate surface area is 231 Å². The van der Waals surface area contributed by atoms with E-state index in [0.29, 0.717) is 0 Å². The summed E-state index contributed by atoms with van der Waals surface area (Å²) in [5, 5.41) is 17.2. The number of carboxylic acid groups (broad SMARTS) is 2. The lowest BCUT2D eigenvalue weighted by atomic mass is 9.99. The minimum atomic E-state index is -0.643. The number of carbonyl (C=O) groups is 2. The quantitative estimate of drug-likeness (QED) is 0.199. The Morgan fingerprint density at radius 3 is 1.58 bits per heavy atom. The monoisotopic (exact) mass is 536 g/mol. The summed E-state index contributed by atoms with van der Waals surface area (Å²) in [6.45, 7) is 13.7. The minimum Gasteiger partial charge on any atom is -0.481 e. The number of H-pyrrole nitrogens is 1. The van der Waals surface area contributed by atoms with Crippen LogP contribution in [0, 0.1) is 17.8 Å². The van der Waals surface area contributed by atoms with Crippen molar-refractivity contribution in [2.45, 2.75) is 125 Å². The van der Waals surface area contributed by atoms with E-state index in [9.17, 15) is 9.59 Å². The first-order valence-electron chi connectivity index (χ1n) is 14.6. The molecule has 2 rings (SSSR count). The molecular weight excluding hydrogens is 480 g/mol. The van der Waals surface area contributed by atoms with E-state index in [1.807, 2.05) is 26.4 Å². The zero-order valence-electron chi connectivity index (χ0n) is 24.9. The number of hydrogen-bond donors (Lipinski definition) is 3. The average molecular weight is 537 g/mol. The fraction of sp³-hybridized carbons (Fsp3) is 0.733. The highest BCUT2D eigenvalue weighted by atomic mass is 16.4. The van der Waals surface area contributed by atoms with E-state index in [-0.39, 0.29) is 11.8 Å². The van der Waals surface area contributed by atoms with Crippen LogP contribution in [0.4, 0.5) is 0 Å². The zero-order chi connectivity index (χ0) is 29.0. The molecule has 0 aromatic carbocycles. The number of rotatable bonds is 16. The molecule has 0 aliphatic heterocycles. The number of nitrogens with one attached hydrogen (secondary N) is 1. The second-order valence-electron chi connectivity index (χ2n) is 9.61. The summed E-state index contributed by atoms with van der Waals surface area (Å²) in [5.41, 5.74) is 0. The topological polar surface area (TPSA) is 121 Å². The van der Waals surface area contributed by atoms with E-state index in [1.54, 1.807) is 18.7 Å². The second kappa shape index (κ2) is 27.4.